The summed E-state index contributed by atoms with van der Waals surface area (Å²) in [6.07, 6.45) is 11.9. The Bertz CT molecular complexity index is 1110. The third-order valence-electron chi connectivity index (χ3n) is 4.76. The van der Waals surface area contributed by atoms with Crippen molar-refractivity contribution in [3.8, 4) is 11.1 Å². The number of aryl methyl sites for hydroxylation is 2. The van der Waals surface area contributed by atoms with Crippen molar-refractivity contribution < 1.29 is 9.90 Å². The average molecular weight is 360 g/mol. The zero-order valence-corrected chi connectivity index (χ0v) is 15.3. The summed E-state index contributed by atoms with van der Waals surface area (Å²) in [4.78, 5) is 20.5. The van der Waals surface area contributed by atoms with Gasteiger partial charge in [0, 0.05) is 47.4 Å². The van der Waals surface area contributed by atoms with E-state index in [-0.39, 0.29) is 6.42 Å². The van der Waals surface area contributed by atoms with Crippen LogP contribution in [0, 0.1) is 6.92 Å². The molecule has 0 aliphatic heterocycles. The molecular formula is C21H20N4O2. The van der Waals surface area contributed by atoms with Gasteiger partial charge in [0.1, 0.15) is 0 Å². The number of rotatable bonds is 6. The van der Waals surface area contributed by atoms with E-state index in [0.29, 0.717) is 13.0 Å². The molecule has 0 unspecified atom stereocenters. The first-order valence-corrected chi connectivity index (χ1v) is 8.99. The molecule has 4 rings (SSSR count). The van der Waals surface area contributed by atoms with E-state index in [1.165, 1.54) is 0 Å². The molecule has 136 valence electrons. The third kappa shape index (κ3) is 3.03. The molecule has 6 heteroatoms. The minimum Gasteiger partial charge on any atom is -0.481 e. The molecule has 0 spiro atoms. The monoisotopic (exact) mass is 360 g/mol. The lowest BCUT2D eigenvalue weighted by molar-refractivity contribution is -0.136. The Morgan fingerprint density at radius 2 is 2.07 bits per heavy atom. The van der Waals surface area contributed by atoms with Crippen molar-refractivity contribution in [2.75, 3.05) is 0 Å². The van der Waals surface area contributed by atoms with Gasteiger partial charge in [0.15, 0.2) is 5.65 Å². The predicted octanol–water partition coefficient (Wildman–Crippen LogP) is 3.79. The maximum atomic E-state index is 11.3. The van der Waals surface area contributed by atoms with Crippen LogP contribution >= 0.6 is 0 Å². The molecule has 1 N–H and O–H groups in total. The normalized spacial score (nSPS) is 12.9. The van der Waals surface area contributed by atoms with Crippen LogP contribution in [-0.2, 0) is 17.8 Å². The largest absolute Gasteiger partial charge is 0.481 e. The number of hydrogen-bond acceptors (Lipinski definition) is 4. The summed E-state index contributed by atoms with van der Waals surface area (Å²) in [5.41, 5.74) is 6.58. The van der Waals surface area contributed by atoms with Crippen LogP contribution in [0.3, 0.4) is 0 Å². The van der Waals surface area contributed by atoms with Gasteiger partial charge >= 0.3 is 5.97 Å². The number of carboxylic acids is 1. The Morgan fingerprint density at radius 1 is 1.26 bits per heavy atom. The van der Waals surface area contributed by atoms with Crippen molar-refractivity contribution >= 4 is 22.6 Å². The highest BCUT2D eigenvalue weighted by atomic mass is 16.4. The molecule has 3 aromatic heterocycles. The molecule has 6 nitrogen and oxygen atoms in total. The Morgan fingerprint density at radius 3 is 2.70 bits per heavy atom. The van der Waals surface area contributed by atoms with Gasteiger partial charge in [-0.3, -0.25) is 9.78 Å². The van der Waals surface area contributed by atoms with Gasteiger partial charge in [0.2, 0.25) is 0 Å². The van der Waals surface area contributed by atoms with Crippen molar-refractivity contribution in [3.05, 3.63) is 59.7 Å². The predicted molar refractivity (Wildman–Crippen MR) is 104 cm³/mol. The molecule has 0 radical (unpaired) electrons. The number of hydrogen-bond donors (Lipinski definition) is 1. The van der Waals surface area contributed by atoms with Crippen LogP contribution in [0.2, 0.25) is 0 Å². The second-order valence-corrected chi connectivity index (χ2v) is 6.64. The van der Waals surface area contributed by atoms with Gasteiger partial charge in [-0.1, -0.05) is 18.2 Å². The summed E-state index contributed by atoms with van der Waals surface area (Å²) < 4.78 is 1.87. The highest BCUT2D eigenvalue weighted by molar-refractivity contribution is 5.98. The maximum absolute atomic E-state index is 11.3. The number of carboxylic acid groups (broad SMARTS) is 1. The summed E-state index contributed by atoms with van der Waals surface area (Å²) >= 11 is 0. The highest BCUT2D eigenvalue weighted by Gasteiger charge is 2.22. The highest BCUT2D eigenvalue weighted by Crippen LogP contribution is 2.37. The third-order valence-corrected chi connectivity index (χ3v) is 4.76. The molecule has 3 heterocycles. The summed E-state index contributed by atoms with van der Waals surface area (Å²) in [5, 5.41) is 14.7. The zero-order valence-electron chi connectivity index (χ0n) is 15.3. The lowest BCUT2D eigenvalue weighted by atomic mass is 9.89. The molecule has 0 atom stereocenters. The number of aromatic nitrogens is 4. The van der Waals surface area contributed by atoms with Gasteiger partial charge in [-0.25, -0.2) is 9.67 Å². The topological polar surface area (TPSA) is 80.9 Å². The van der Waals surface area contributed by atoms with Crippen LogP contribution in [0.4, 0.5) is 0 Å². The quantitative estimate of drug-likeness (QED) is 0.723. The van der Waals surface area contributed by atoms with Crippen molar-refractivity contribution in [1.82, 2.24) is 19.7 Å². The van der Waals surface area contributed by atoms with Crippen LogP contribution in [0.1, 0.15) is 30.2 Å². The minimum absolute atomic E-state index is 0.0470. The summed E-state index contributed by atoms with van der Waals surface area (Å²) in [7, 11) is 0. The van der Waals surface area contributed by atoms with E-state index in [1.54, 1.807) is 0 Å². The van der Waals surface area contributed by atoms with Gasteiger partial charge in [0.05, 0.1) is 11.9 Å². The minimum atomic E-state index is -0.822. The first-order valence-electron chi connectivity index (χ1n) is 8.99. The maximum Gasteiger partial charge on any atom is 0.303 e. The van der Waals surface area contributed by atoms with Crippen LogP contribution < -0.4 is 0 Å². The fraction of sp³-hybridized carbons (Fsp3) is 0.238. The van der Waals surface area contributed by atoms with E-state index in [2.05, 4.69) is 16.1 Å². The van der Waals surface area contributed by atoms with E-state index in [4.69, 9.17) is 4.98 Å². The molecular weight excluding hydrogens is 340 g/mol. The van der Waals surface area contributed by atoms with Gasteiger partial charge in [-0.15, -0.1) is 0 Å². The molecule has 1 aliphatic carbocycles. The Balaban J connectivity index is 2.05. The van der Waals surface area contributed by atoms with Crippen molar-refractivity contribution in [2.45, 2.75) is 33.2 Å². The molecule has 1 aliphatic rings. The standard InChI is InChI=1S/C21H20N4O2/c1-3-25-21-17(12-23-25)19(15-9-13(2)10-22-11-15)16(7-8-18(26)27)20(24-21)14-5-4-6-14/h4-6,9-12H,3,7-8H2,1-2H3,(H,26,27). The van der Waals surface area contributed by atoms with Gasteiger partial charge in [-0.05, 0) is 37.5 Å². The van der Waals surface area contributed by atoms with Crippen molar-refractivity contribution in [1.29, 1.82) is 0 Å². The number of carbonyl (C=O) groups is 1. The fourth-order valence-corrected chi connectivity index (χ4v) is 3.44. The van der Waals surface area contributed by atoms with Crippen molar-refractivity contribution in [3.63, 3.8) is 0 Å². The SMILES string of the molecule is CCn1ncc2c(-c3cncc(C)c3)c(CCC(=O)O)c(C3=CC=C3)nc21. The molecule has 3 aromatic rings. The summed E-state index contributed by atoms with van der Waals surface area (Å²) in [6, 6.07) is 2.07. The van der Waals surface area contributed by atoms with E-state index in [0.717, 1.165) is 44.6 Å². The summed E-state index contributed by atoms with van der Waals surface area (Å²) in [6.45, 7) is 4.74. The van der Waals surface area contributed by atoms with Gasteiger partial charge in [-0.2, -0.15) is 5.10 Å². The van der Waals surface area contributed by atoms with E-state index in [9.17, 15) is 9.90 Å². The lowest BCUT2D eigenvalue weighted by Crippen LogP contribution is -2.08. The number of allylic oxidation sites excluding steroid dienone is 4. The first-order chi connectivity index (χ1) is 13.1. The number of aliphatic carboxylic acids is 1. The smallest absolute Gasteiger partial charge is 0.303 e. The van der Waals surface area contributed by atoms with E-state index < -0.39 is 5.97 Å². The number of nitrogens with zero attached hydrogens (tertiary/aromatic N) is 4. The zero-order chi connectivity index (χ0) is 19.0. The van der Waals surface area contributed by atoms with Crippen LogP contribution in [0.25, 0.3) is 27.7 Å². The van der Waals surface area contributed by atoms with Gasteiger partial charge < -0.3 is 5.11 Å². The lowest BCUT2D eigenvalue weighted by Gasteiger charge is -2.18. The molecule has 27 heavy (non-hydrogen) atoms. The first kappa shape index (κ1) is 17.1. The molecule has 0 fully saturated rings. The van der Waals surface area contributed by atoms with E-state index in [1.807, 2.05) is 55.3 Å². The van der Waals surface area contributed by atoms with Gasteiger partial charge in [0.25, 0.3) is 0 Å². The molecule has 0 bridgehead atoms. The molecule has 0 aromatic carbocycles. The summed E-state index contributed by atoms with van der Waals surface area (Å²) in [5.74, 6) is -0.822. The van der Waals surface area contributed by atoms with Crippen LogP contribution in [0.5, 0.6) is 0 Å². The molecule has 0 amide bonds. The number of fused-ring (bicyclic) bond motifs is 1. The second-order valence-electron chi connectivity index (χ2n) is 6.64. The number of pyridine rings is 2. The van der Waals surface area contributed by atoms with E-state index >= 15 is 0 Å². The second kappa shape index (κ2) is 6.79. The molecule has 0 saturated heterocycles. The Labute approximate surface area is 156 Å². The van der Waals surface area contributed by atoms with Crippen molar-refractivity contribution in [2.24, 2.45) is 0 Å². The molecule has 0 saturated carbocycles. The Kier molecular flexibility index (Phi) is 4.32. The van der Waals surface area contributed by atoms with Crippen LogP contribution in [0.15, 0.2) is 42.9 Å². The fourth-order valence-electron chi connectivity index (χ4n) is 3.44. The average Bonchev–Trinajstić information content (AvgIpc) is 3.00. The Hall–Kier alpha value is -3.28. The van der Waals surface area contributed by atoms with Crippen LogP contribution in [-0.4, -0.2) is 30.8 Å².